The van der Waals surface area contributed by atoms with Gasteiger partial charge in [0.2, 0.25) is 0 Å². The summed E-state index contributed by atoms with van der Waals surface area (Å²) < 4.78 is 0. The van der Waals surface area contributed by atoms with Crippen molar-refractivity contribution in [1.29, 1.82) is 0 Å². The number of anilines is 1. The highest BCUT2D eigenvalue weighted by atomic mass is 15.2. The number of nitrogens with one attached hydrogen (secondary N) is 2. The number of nitrogens with zero attached hydrogens (tertiary/aromatic N) is 1. The number of aromatic nitrogens is 2. The minimum atomic E-state index is 0.323. The molecule has 1 aromatic heterocycles. The maximum Gasteiger partial charge on any atom is 0.151 e. The fourth-order valence-corrected chi connectivity index (χ4v) is 2.80. The summed E-state index contributed by atoms with van der Waals surface area (Å²) in [6, 6.07) is 0. The van der Waals surface area contributed by atoms with E-state index in [4.69, 9.17) is 0 Å². The van der Waals surface area contributed by atoms with Crippen LogP contribution in [0.3, 0.4) is 0 Å². The summed E-state index contributed by atoms with van der Waals surface area (Å²) in [6.07, 6.45) is 4.88. The summed E-state index contributed by atoms with van der Waals surface area (Å²) in [5.74, 6) is 1.71. The van der Waals surface area contributed by atoms with Crippen molar-refractivity contribution in [3.63, 3.8) is 0 Å². The first-order valence-corrected chi connectivity index (χ1v) is 6.85. The molecule has 3 heteroatoms. The molecule has 96 valence electrons. The molecule has 1 heterocycles. The van der Waals surface area contributed by atoms with Crippen LogP contribution in [0.2, 0.25) is 0 Å². The molecule has 0 saturated heterocycles. The fourth-order valence-electron chi connectivity index (χ4n) is 2.80. The minimum Gasteiger partial charge on any atom is -0.368 e. The zero-order valence-corrected chi connectivity index (χ0v) is 11.6. The molecule has 0 amide bonds. The molecule has 0 fully saturated rings. The molecule has 17 heavy (non-hydrogen) atoms. The molecule has 0 aliphatic heterocycles. The molecule has 0 aromatic carbocycles. The second-order valence-electron chi connectivity index (χ2n) is 6.20. The summed E-state index contributed by atoms with van der Waals surface area (Å²) in [7, 11) is 0. The largest absolute Gasteiger partial charge is 0.368 e. The van der Waals surface area contributed by atoms with E-state index in [9.17, 15) is 0 Å². The van der Waals surface area contributed by atoms with Gasteiger partial charge in [-0.25, -0.2) is 0 Å². The van der Waals surface area contributed by atoms with E-state index in [-0.39, 0.29) is 0 Å². The Balaban J connectivity index is 2.25. The normalized spacial score (nSPS) is 20.1. The van der Waals surface area contributed by atoms with Gasteiger partial charge in [-0.3, -0.25) is 5.10 Å². The summed E-state index contributed by atoms with van der Waals surface area (Å²) in [4.78, 5) is 0. The Morgan fingerprint density at radius 3 is 2.82 bits per heavy atom. The second-order valence-corrected chi connectivity index (χ2v) is 6.20. The lowest BCUT2D eigenvalue weighted by molar-refractivity contribution is 0.284. The highest BCUT2D eigenvalue weighted by Gasteiger charge is 2.33. The first-order valence-electron chi connectivity index (χ1n) is 6.85. The van der Waals surface area contributed by atoms with E-state index in [0.29, 0.717) is 11.3 Å². The molecule has 2 rings (SSSR count). The van der Waals surface area contributed by atoms with E-state index in [1.807, 2.05) is 0 Å². The van der Waals surface area contributed by atoms with Gasteiger partial charge < -0.3 is 5.32 Å². The van der Waals surface area contributed by atoms with Crippen LogP contribution in [0.5, 0.6) is 0 Å². The van der Waals surface area contributed by atoms with Gasteiger partial charge in [0, 0.05) is 23.7 Å². The lowest BCUT2D eigenvalue weighted by atomic mass is 9.72. The smallest absolute Gasteiger partial charge is 0.151 e. The Bertz CT molecular complexity index is 373. The van der Waals surface area contributed by atoms with Gasteiger partial charge in [-0.15, -0.1) is 0 Å². The Labute approximate surface area is 104 Å². The van der Waals surface area contributed by atoms with E-state index in [1.165, 1.54) is 30.5 Å². The molecule has 1 unspecified atom stereocenters. The van der Waals surface area contributed by atoms with Crippen molar-refractivity contribution < 1.29 is 0 Å². The number of aromatic amines is 1. The summed E-state index contributed by atoms with van der Waals surface area (Å²) >= 11 is 0. The Morgan fingerprint density at radius 1 is 1.41 bits per heavy atom. The summed E-state index contributed by atoms with van der Waals surface area (Å²) in [5.41, 5.74) is 3.14. The van der Waals surface area contributed by atoms with Crippen LogP contribution in [0.15, 0.2) is 0 Å². The maximum atomic E-state index is 4.46. The third-order valence-corrected chi connectivity index (χ3v) is 3.75. The van der Waals surface area contributed by atoms with Gasteiger partial charge in [0.25, 0.3) is 0 Å². The second kappa shape index (κ2) is 4.71. The molecular weight excluding hydrogens is 210 g/mol. The van der Waals surface area contributed by atoms with Gasteiger partial charge in [-0.2, -0.15) is 5.10 Å². The van der Waals surface area contributed by atoms with Gasteiger partial charge >= 0.3 is 0 Å². The molecule has 3 nitrogen and oxygen atoms in total. The standard InChI is InChI=1S/C14H25N3/c1-5-9-15-13-10-7-6-8-11(14(2,3)4)12(10)16-17-13/h11H,5-9H2,1-4H3,(H2,15,16,17). The molecule has 0 radical (unpaired) electrons. The Hall–Kier alpha value is -0.990. The van der Waals surface area contributed by atoms with Gasteiger partial charge in [0.05, 0.1) is 0 Å². The van der Waals surface area contributed by atoms with Crippen molar-refractivity contribution in [2.24, 2.45) is 5.41 Å². The predicted molar refractivity (Wildman–Crippen MR) is 72.5 cm³/mol. The Kier molecular flexibility index (Phi) is 3.45. The third kappa shape index (κ3) is 2.48. The quantitative estimate of drug-likeness (QED) is 0.838. The molecular formula is C14H25N3. The van der Waals surface area contributed by atoms with Crippen LogP contribution < -0.4 is 5.32 Å². The number of H-pyrrole nitrogens is 1. The fraction of sp³-hybridized carbons (Fsp3) is 0.786. The van der Waals surface area contributed by atoms with E-state index >= 15 is 0 Å². The van der Waals surface area contributed by atoms with E-state index in [1.54, 1.807) is 0 Å². The first-order chi connectivity index (χ1) is 8.04. The van der Waals surface area contributed by atoms with Crippen LogP contribution in [0.25, 0.3) is 0 Å². The van der Waals surface area contributed by atoms with Gasteiger partial charge in [-0.1, -0.05) is 27.7 Å². The lowest BCUT2D eigenvalue weighted by Crippen LogP contribution is -2.23. The van der Waals surface area contributed by atoms with Crippen LogP contribution >= 0.6 is 0 Å². The Morgan fingerprint density at radius 2 is 2.18 bits per heavy atom. The average molecular weight is 235 g/mol. The molecule has 0 bridgehead atoms. The maximum absolute atomic E-state index is 4.46. The predicted octanol–water partition coefficient (Wildman–Crippen LogP) is 3.70. The van der Waals surface area contributed by atoms with Crippen molar-refractivity contribution in [1.82, 2.24) is 10.2 Å². The van der Waals surface area contributed by atoms with Crippen molar-refractivity contribution in [2.45, 2.75) is 59.3 Å². The minimum absolute atomic E-state index is 0.323. The highest BCUT2D eigenvalue weighted by Crippen LogP contribution is 2.44. The molecule has 1 atom stereocenters. The zero-order valence-electron chi connectivity index (χ0n) is 11.6. The SMILES string of the molecule is CCCNc1n[nH]c2c1CCCC2C(C)(C)C. The number of hydrogen-bond donors (Lipinski definition) is 2. The van der Waals surface area contributed by atoms with Crippen molar-refractivity contribution >= 4 is 5.82 Å². The monoisotopic (exact) mass is 235 g/mol. The molecule has 1 aliphatic rings. The number of fused-ring (bicyclic) bond motifs is 1. The summed E-state index contributed by atoms with van der Waals surface area (Å²) in [5, 5.41) is 11.2. The average Bonchev–Trinajstić information content (AvgIpc) is 2.67. The molecule has 2 N–H and O–H groups in total. The van der Waals surface area contributed by atoms with Crippen LogP contribution in [0.4, 0.5) is 5.82 Å². The van der Waals surface area contributed by atoms with Crippen molar-refractivity contribution in [2.75, 3.05) is 11.9 Å². The molecule has 0 saturated carbocycles. The van der Waals surface area contributed by atoms with Crippen LogP contribution in [0.1, 0.15) is 64.1 Å². The molecule has 1 aliphatic carbocycles. The third-order valence-electron chi connectivity index (χ3n) is 3.75. The van der Waals surface area contributed by atoms with Gasteiger partial charge in [0.15, 0.2) is 5.82 Å². The first kappa shape index (κ1) is 12.5. The highest BCUT2D eigenvalue weighted by molar-refractivity contribution is 5.49. The van der Waals surface area contributed by atoms with Crippen LogP contribution in [-0.4, -0.2) is 16.7 Å². The van der Waals surface area contributed by atoms with Crippen LogP contribution in [0, 0.1) is 5.41 Å². The van der Waals surface area contributed by atoms with E-state index < -0.39 is 0 Å². The number of hydrogen-bond acceptors (Lipinski definition) is 2. The van der Waals surface area contributed by atoms with E-state index in [2.05, 4.69) is 43.2 Å². The lowest BCUT2D eigenvalue weighted by Gasteiger charge is -2.33. The van der Waals surface area contributed by atoms with Crippen molar-refractivity contribution in [3.05, 3.63) is 11.3 Å². The van der Waals surface area contributed by atoms with E-state index in [0.717, 1.165) is 18.8 Å². The van der Waals surface area contributed by atoms with Crippen molar-refractivity contribution in [3.8, 4) is 0 Å². The van der Waals surface area contributed by atoms with Gasteiger partial charge in [-0.05, 0) is 31.1 Å². The number of rotatable bonds is 3. The topological polar surface area (TPSA) is 40.7 Å². The zero-order chi connectivity index (χ0) is 12.5. The molecule has 1 aromatic rings. The summed E-state index contributed by atoms with van der Waals surface area (Å²) in [6.45, 7) is 10.2. The van der Waals surface area contributed by atoms with Gasteiger partial charge in [0.1, 0.15) is 0 Å². The molecule has 0 spiro atoms. The van der Waals surface area contributed by atoms with Crippen LogP contribution in [-0.2, 0) is 6.42 Å².